The molecule has 84 valence electrons. The molecule has 3 heteroatoms. The van der Waals surface area contributed by atoms with Gasteiger partial charge in [-0.2, -0.15) is 0 Å². The van der Waals surface area contributed by atoms with Crippen LogP contribution in [-0.4, -0.2) is 23.4 Å². The van der Waals surface area contributed by atoms with E-state index in [1.54, 1.807) is 0 Å². The summed E-state index contributed by atoms with van der Waals surface area (Å²) >= 11 is 2.42. The van der Waals surface area contributed by atoms with E-state index in [0.717, 1.165) is 13.0 Å². The highest BCUT2D eigenvalue weighted by atomic mass is 127. The highest BCUT2D eigenvalue weighted by Crippen LogP contribution is 2.17. The van der Waals surface area contributed by atoms with E-state index in [9.17, 15) is 0 Å². The van der Waals surface area contributed by atoms with Crippen LogP contribution in [0.25, 0.3) is 0 Å². The lowest BCUT2D eigenvalue weighted by atomic mass is 10.1. The lowest BCUT2D eigenvalue weighted by Gasteiger charge is -2.26. The average molecular weight is 312 g/mol. The largest absolute Gasteiger partial charge is 0.353 e. The smallest absolute Gasteiger partial charge is 0.157 e. The second-order valence-electron chi connectivity index (χ2n) is 3.93. The average Bonchev–Trinajstić information content (AvgIpc) is 2.20. The Kier molecular flexibility index (Phi) is 7.16. The van der Waals surface area contributed by atoms with Crippen LogP contribution in [0.3, 0.4) is 0 Å². The third-order valence-corrected chi connectivity index (χ3v) is 3.28. The van der Waals surface area contributed by atoms with Crippen molar-refractivity contribution in [2.75, 3.05) is 11.0 Å². The summed E-state index contributed by atoms with van der Waals surface area (Å²) in [5.74, 6) is 0. The zero-order valence-electron chi connectivity index (χ0n) is 9.01. The molecule has 1 aliphatic rings. The molecule has 0 aromatic heterocycles. The lowest BCUT2D eigenvalue weighted by Crippen LogP contribution is -2.26. The molecule has 14 heavy (non-hydrogen) atoms. The molecule has 1 aliphatic heterocycles. The van der Waals surface area contributed by atoms with Gasteiger partial charge >= 0.3 is 0 Å². The van der Waals surface area contributed by atoms with Crippen molar-refractivity contribution in [3.63, 3.8) is 0 Å². The fourth-order valence-electron chi connectivity index (χ4n) is 1.67. The number of ether oxygens (including phenoxy) is 2. The minimum atomic E-state index is 0.0818. The van der Waals surface area contributed by atoms with Crippen LogP contribution >= 0.6 is 22.6 Å². The van der Waals surface area contributed by atoms with Crippen molar-refractivity contribution >= 4 is 22.6 Å². The second-order valence-corrected chi connectivity index (χ2v) is 5.01. The Morgan fingerprint density at radius 1 is 1.43 bits per heavy atom. The van der Waals surface area contributed by atoms with Crippen molar-refractivity contribution < 1.29 is 9.47 Å². The Morgan fingerprint density at radius 2 is 2.29 bits per heavy atom. The maximum Gasteiger partial charge on any atom is 0.157 e. The molecule has 0 radical (unpaired) electrons. The molecule has 0 amide bonds. The minimum absolute atomic E-state index is 0.0818. The molecule has 1 fully saturated rings. The molecule has 1 saturated heterocycles. The van der Waals surface area contributed by atoms with Crippen LogP contribution in [0, 0.1) is 0 Å². The molecule has 2 nitrogen and oxygen atoms in total. The molecule has 0 spiro atoms. The summed E-state index contributed by atoms with van der Waals surface area (Å²) in [5, 5.41) is 0. The molecule has 1 rings (SSSR count). The molecule has 1 heterocycles. The first-order valence-corrected chi connectivity index (χ1v) is 7.18. The van der Waals surface area contributed by atoms with E-state index in [4.69, 9.17) is 9.47 Å². The molecule has 0 N–H and O–H groups in total. The molecule has 0 aromatic rings. The number of unbranched alkanes of at least 4 members (excludes halogenated alkanes) is 1. The predicted octanol–water partition coefficient (Wildman–Crippen LogP) is 3.52. The monoisotopic (exact) mass is 312 g/mol. The topological polar surface area (TPSA) is 18.5 Å². The molecule has 0 aromatic carbocycles. The van der Waals surface area contributed by atoms with E-state index in [2.05, 4.69) is 29.5 Å². The third kappa shape index (κ3) is 5.51. The van der Waals surface area contributed by atoms with Gasteiger partial charge in [0.05, 0.1) is 6.10 Å². The zero-order chi connectivity index (χ0) is 10.2. The van der Waals surface area contributed by atoms with Gasteiger partial charge in [0.2, 0.25) is 0 Å². The Bertz CT molecular complexity index is 135. The Labute approximate surface area is 101 Å². The summed E-state index contributed by atoms with van der Waals surface area (Å²) in [5.41, 5.74) is 0. The van der Waals surface area contributed by atoms with Gasteiger partial charge < -0.3 is 9.47 Å². The van der Waals surface area contributed by atoms with E-state index in [1.165, 1.54) is 36.5 Å². The van der Waals surface area contributed by atoms with Gasteiger partial charge in [-0.15, -0.1) is 0 Å². The second kappa shape index (κ2) is 7.88. The summed E-state index contributed by atoms with van der Waals surface area (Å²) in [6, 6.07) is 0. The first-order valence-electron chi connectivity index (χ1n) is 5.66. The highest BCUT2D eigenvalue weighted by Gasteiger charge is 2.16. The summed E-state index contributed by atoms with van der Waals surface area (Å²) in [7, 11) is 0. The van der Waals surface area contributed by atoms with Crippen molar-refractivity contribution in [1.29, 1.82) is 0 Å². The highest BCUT2D eigenvalue weighted by molar-refractivity contribution is 14.1. The number of hydrogen-bond acceptors (Lipinski definition) is 2. The minimum Gasteiger partial charge on any atom is -0.353 e. The van der Waals surface area contributed by atoms with Gasteiger partial charge in [-0.25, -0.2) is 0 Å². The lowest BCUT2D eigenvalue weighted by molar-refractivity contribution is -0.185. The van der Waals surface area contributed by atoms with Gasteiger partial charge in [-0.05, 0) is 43.5 Å². The SMILES string of the molecule is CC(CCCCI)OC1CCCCO1. The molecule has 2 atom stereocenters. The normalized spacial score (nSPS) is 24.9. The number of halogens is 1. The third-order valence-electron chi connectivity index (χ3n) is 2.52. The summed E-state index contributed by atoms with van der Waals surface area (Å²) in [6.07, 6.45) is 7.73. The van der Waals surface area contributed by atoms with Crippen molar-refractivity contribution in [3.8, 4) is 0 Å². The maximum atomic E-state index is 5.81. The van der Waals surface area contributed by atoms with Gasteiger partial charge in [0.1, 0.15) is 0 Å². The molecule has 0 saturated carbocycles. The van der Waals surface area contributed by atoms with Crippen molar-refractivity contribution in [2.45, 2.75) is 57.8 Å². The fourth-order valence-corrected chi connectivity index (χ4v) is 2.21. The molecule has 0 bridgehead atoms. The van der Waals surface area contributed by atoms with E-state index in [-0.39, 0.29) is 6.29 Å². The Hall–Kier alpha value is 0.650. The number of alkyl halides is 1. The standard InChI is InChI=1S/C11H21IO2/c1-10(6-2-4-8-12)14-11-7-3-5-9-13-11/h10-11H,2-9H2,1H3. The van der Waals surface area contributed by atoms with Gasteiger partial charge in [0.15, 0.2) is 6.29 Å². The van der Waals surface area contributed by atoms with Gasteiger partial charge in [-0.3, -0.25) is 0 Å². The number of hydrogen-bond donors (Lipinski definition) is 0. The van der Waals surface area contributed by atoms with Crippen molar-refractivity contribution in [1.82, 2.24) is 0 Å². The van der Waals surface area contributed by atoms with Crippen molar-refractivity contribution in [3.05, 3.63) is 0 Å². The van der Waals surface area contributed by atoms with Crippen LogP contribution in [0.2, 0.25) is 0 Å². The van der Waals surface area contributed by atoms with Gasteiger partial charge in [0, 0.05) is 6.61 Å². The van der Waals surface area contributed by atoms with Gasteiger partial charge in [0.25, 0.3) is 0 Å². The molecular weight excluding hydrogens is 291 g/mol. The van der Waals surface area contributed by atoms with E-state index in [1.807, 2.05) is 0 Å². The summed E-state index contributed by atoms with van der Waals surface area (Å²) in [6.45, 7) is 3.04. The van der Waals surface area contributed by atoms with Crippen LogP contribution < -0.4 is 0 Å². The van der Waals surface area contributed by atoms with Crippen LogP contribution in [-0.2, 0) is 9.47 Å². The molecule has 2 unspecified atom stereocenters. The quantitative estimate of drug-likeness (QED) is 0.424. The van der Waals surface area contributed by atoms with E-state index < -0.39 is 0 Å². The van der Waals surface area contributed by atoms with Crippen LogP contribution in [0.4, 0.5) is 0 Å². The summed E-state index contributed by atoms with van der Waals surface area (Å²) < 4.78 is 12.6. The fraction of sp³-hybridized carbons (Fsp3) is 1.00. The van der Waals surface area contributed by atoms with E-state index >= 15 is 0 Å². The maximum absolute atomic E-state index is 5.81. The van der Waals surface area contributed by atoms with Crippen molar-refractivity contribution in [2.24, 2.45) is 0 Å². The van der Waals surface area contributed by atoms with Crippen LogP contribution in [0.15, 0.2) is 0 Å². The van der Waals surface area contributed by atoms with Crippen LogP contribution in [0.1, 0.15) is 45.4 Å². The van der Waals surface area contributed by atoms with Gasteiger partial charge in [-0.1, -0.05) is 29.0 Å². The Balaban J connectivity index is 2.03. The Morgan fingerprint density at radius 3 is 2.93 bits per heavy atom. The molecule has 0 aliphatic carbocycles. The number of rotatable bonds is 6. The van der Waals surface area contributed by atoms with E-state index in [0.29, 0.717) is 6.10 Å². The first kappa shape index (κ1) is 12.7. The predicted molar refractivity (Wildman–Crippen MR) is 66.9 cm³/mol. The molecular formula is C11H21IO2. The summed E-state index contributed by atoms with van der Waals surface area (Å²) in [4.78, 5) is 0. The van der Waals surface area contributed by atoms with Crippen LogP contribution in [0.5, 0.6) is 0 Å². The first-order chi connectivity index (χ1) is 6.83. The zero-order valence-corrected chi connectivity index (χ0v) is 11.2.